The average Bonchev–Trinajstić information content (AvgIpc) is 2.11. The summed E-state index contributed by atoms with van der Waals surface area (Å²) in [6.07, 6.45) is 3.15. The third-order valence-corrected chi connectivity index (χ3v) is 3.21. The molecule has 0 saturated heterocycles. The first-order valence-electron chi connectivity index (χ1n) is 5.69. The summed E-state index contributed by atoms with van der Waals surface area (Å²) in [6.45, 7) is 11.5. The van der Waals surface area contributed by atoms with Crippen LogP contribution in [0.3, 0.4) is 0 Å². The fraction of sp³-hybridized carbons (Fsp3) is 0.643. The Morgan fingerprint density at radius 1 is 1.31 bits per heavy atom. The summed E-state index contributed by atoms with van der Waals surface area (Å²) in [5, 5.41) is 10.2. The molecule has 2 heteroatoms. The highest BCUT2D eigenvalue weighted by molar-refractivity contribution is 6.03. The second-order valence-electron chi connectivity index (χ2n) is 6.10. The molecule has 0 aromatic carbocycles. The standard InChI is InChI=1S/C14H22O2/c1-9(2)7-10-8-13(3,4)12(16)14(5,6)11(10)15/h7-8,12,16H,1-6H3. The molecule has 0 heterocycles. The molecule has 0 spiro atoms. The molecular weight excluding hydrogens is 200 g/mol. The van der Waals surface area contributed by atoms with E-state index in [2.05, 4.69) is 0 Å². The molecule has 0 aromatic rings. The summed E-state index contributed by atoms with van der Waals surface area (Å²) in [6, 6.07) is 0. The number of carbonyl (C=O) groups is 1. The van der Waals surface area contributed by atoms with E-state index in [0.29, 0.717) is 0 Å². The number of hydrogen-bond donors (Lipinski definition) is 1. The Labute approximate surface area is 98.1 Å². The van der Waals surface area contributed by atoms with Gasteiger partial charge in [0.15, 0.2) is 5.78 Å². The van der Waals surface area contributed by atoms with Crippen LogP contribution in [0.1, 0.15) is 41.5 Å². The topological polar surface area (TPSA) is 37.3 Å². The Morgan fingerprint density at radius 2 is 1.81 bits per heavy atom. The van der Waals surface area contributed by atoms with Crippen molar-refractivity contribution in [2.75, 3.05) is 0 Å². The van der Waals surface area contributed by atoms with E-state index in [9.17, 15) is 9.90 Å². The van der Waals surface area contributed by atoms with E-state index in [1.807, 2.05) is 53.7 Å². The van der Waals surface area contributed by atoms with Gasteiger partial charge in [-0.15, -0.1) is 0 Å². The van der Waals surface area contributed by atoms with Gasteiger partial charge in [0, 0.05) is 11.0 Å². The SMILES string of the molecule is CC(C)=CC1=CC(C)(C)C(O)C(C)(C)C1=O. The minimum Gasteiger partial charge on any atom is -0.391 e. The molecule has 90 valence electrons. The van der Waals surface area contributed by atoms with Crippen LogP contribution in [-0.4, -0.2) is 17.0 Å². The molecule has 0 amide bonds. The number of rotatable bonds is 1. The maximum absolute atomic E-state index is 12.2. The Hall–Kier alpha value is -0.890. The van der Waals surface area contributed by atoms with Crippen molar-refractivity contribution >= 4 is 5.78 Å². The van der Waals surface area contributed by atoms with Crippen LogP contribution in [0.2, 0.25) is 0 Å². The monoisotopic (exact) mass is 222 g/mol. The zero-order valence-electron chi connectivity index (χ0n) is 11.1. The van der Waals surface area contributed by atoms with Crippen molar-refractivity contribution in [3.63, 3.8) is 0 Å². The second-order valence-corrected chi connectivity index (χ2v) is 6.10. The predicted octanol–water partition coefficient (Wildman–Crippen LogP) is 2.88. The lowest BCUT2D eigenvalue weighted by Gasteiger charge is -2.42. The minimum absolute atomic E-state index is 0.0283. The molecule has 0 bridgehead atoms. The molecule has 0 radical (unpaired) electrons. The first-order valence-corrected chi connectivity index (χ1v) is 5.69. The van der Waals surface area contributed by atoms with Crippen LogP contribution in [0.15, 0.2) is 23.3 Å². The van der Waals surface area contributed by atoms with Crippen molar-refractivity contribution in [3.8, 4) is 0 Å². The summed E-state index contributed by atoms with van der Waals surface area (Å²) in [4.78, 5) is 12.2. The molecular formula is C14H22O2. The quantitative estimate of drug-likeness (QED) is 0.740. The van der Waals surface area contributed by atoms with Crippen LogP contribution < -0.4 is 0 Å². The van der Waals surface area contributed by atoms with Gasteiger partial charge in [0.1, 0.15) is 0 Å². The largest absolute Gasteiger partial charge is 0.391 e. The molecule has 1 aliphatic rings. The molecule has 0 aliphatic heterocycles. The van der Waals surface area contributed by atoms with E-state index >= 15 is 0 Å². The number of aliphatic hydroxyl groups is 1. The molecule has 1 atom stereocenters. The lowest BCUT2D eigenvalue weighted by atomic mass is 9.63. The molecule has 0 aromatic heterocycles. The molecule has 1 unspecified atom stereocenters. The van der Waals surface area contributed by atoms with Gasteiger partial charge >= 0.3 is 0 Å². The van der Waals surface area contributed by atoms with E-state index in [0.717, 1.165) is 11.1 Å². The molecule has 1 aliphatic carbocycles. The van der Waals surface area contributed by atoms with Crippen LogP contribution in [-0.2, 0) is 4.79 Å². The van der Waals surface area contributed by atoms with Crippen molar-refractivity contribution in [2.45, 2.75) is 47.6 Å². The van der Waals surface area contributed by atoms with Gasteiger partial charge in [-0.25, -0.2) is 0 Å². The fourth-order valence-corrected chi connectivity index (χ4v) is 2.39. The lowest BCUT2D eigenvalue weighted by Crippen LogP contribution is -2.49. The Morgan fingerprint density at radius 3 is 2.25 bits per heavy atom. The highest BCUT2D eigenvalue weighted by Gasteiger charge is 2.47. The minimum atomic E-state index is -0.709. The zero-order valence-corrected chi connectivity index (χ0v) is 11.1. The number of aliphatic hydroxyl groups excluding tert-OH is 1. The average molecular weight is 222 g/mol. The van der Waals surface area contributed by atoms with Gasteiger partial charge in [-0.2, -0.15) is 0 Å². The van der Waals surface area contributed by atoms with Gasteiger partial charge in [-0.1, -0.05) is 45.4 Å². The third kappa shape index (κ3) is 2.12. The predicted molar refractivity (Wildman–Crippen MR) is 66.1 cm³/mol. The molecule has 2 nitrogen and oxygen atoms in total. The molecule has 16 heavy (non-hydrogen) atoms. The molecule has 0 fully saturated rings. The number of allylic oxidation sites excluding steroid dienone is 3. The smallest absolute Gasteiger partial charge is 0.170 e. The summed E-state index contributed by atoms with van der Waals surface area (Å²) in [7, 11) is 0. The van der Waals surface area contributed by atoms with Crippen LogP contribution in [0, 0.1) is 10.8 Å². The van der Waals surface area contributed by atoms with Crippen LogP contribution in [0.5, 0.6) is 0 Å². The van der Waals surface area contributed by atoms with Crippen LogP contribution >= 0.6 is 0 Å². The Kier molecular flexibility index (Phi) is 3.17. The summed E-state index contributed by atoms with van der Waals surface area (Å²) < 4.78 is 0. The van der Waals surface area contributed by atoms with Gasteiger partial charge in [0.05, 0.1) is 11.5 Å². The normalized spacial score (nSPS) is 27.3. The van der Waals surface area contributed by atoms with E-state index in [4.69, 9.17) is 0 Å². The first-order chi connectivity index (χ1) is 7.09. The number of carbonyl (C=O) groups excluding carboxylic acids is 1. The number of hydrogen-bond acceptors (Lipinski definition) is 2. The van der Waals surface area contributed by atoms with E-state index in [-0.39, 0.29) is 11.2 Å². The van der Waals surface area contributed by atoms with Crippen molar-refractivity contribution in [3.05, 3.63) is 23.3 Å². The van der Waals surface area contributed by atoms with Gasteiger partial charge < -0.3 is 5.11 Å². The number of ketones is 1. The van der Waals surface area contributed by atoms with Crippen LogP contribution in [0.4, 0.5) is 0 Å². The number of Topliss-reactive ketones (excluding diaryl/α,β-unsaturated/α-hetero) is 1. The van der Waals surface area contributed by atoms with Crippen molar-refractivity contribution in [1.29, 1.82) is 0 Å². The third-order valence-electron chi connectivity index (χ3n) is 3.21. The van der Waals surface area contributed by atoms with Crippen LogP contribution in [0.25, 0.3) is 0 Å². The summed E-state index contributed by atoms with van der Waals surface area (Å²) in [5.74, 6) is 0.0283. The van der Waals surface area contributed by atoms with Gasteiger partial charge in [0.2, 0.25) is 0 Å². The van der Waals surface area contributed by atoms with E-state index < -0.39 is 11.5 Å². The van der Waals surface area contributed by atoms with Crippen molar-refractivity contribution in [1.82, 2.24) is 0 Å². The molecule has 0 saturated carbocycles. The fourth-order valence-electron chi connectivity index (χ4n) is 2.39. The molecule has 1 rings (SSSR count). The second kappa shape index (κ2) is 3.85. The Balaban J connectivity index is 3.31. The Bertz CT molecular complexity index is 366. The highest BCUT2D eigenvalue weighted by Crippen LogP contribution is 2.43. The van der Waals surface area contributed by atoms with Gasteiger partial charge in [-0.3, -0.25) is 4.79 Å². The maximum Gasteiger partial charge on any atom is 0.170 e. The highest BCUT2D eigenvalue weighted by atomic mass is 16.3. The van der Waals surface area contributed by atoms with Gasteiger partial charge in [0.25, 0.3) is 0 Å². The zero-order chi connectivity index (χ0) is 12.7. The first kappa shape index (κ1) is 13.2. The van der Waals surface area contributed by atoms with E-state index in [1.54, 1.807) is 0 Å². The summed E-state index contributed by atoms with van der Waals surface area (Å²) >= 11 is 0. The maximum atomic E-state index is 12.2. The lowest BCUT2D eigenvalue weighted by molar-refractivity contribution is -0.135. The van der Waals surface area contributed by atoms with Crippen molar-refractivity contribution in [2.24, 2.45) is 10.8 Å². The van der Waals surface area contributed by atoms with E-state index in [1.165, 1.54) is 0 Å². The van der Waals surface area contributed by atoms with Gasteiger partial charge in [-0.05, 0) is 13.8 Å². The summed E-state index contributed by atoms with van der Waals surface area (Å²) in [5.41, 5.74) is 0.751. The van der Waals surface area contributed by atoms with Crippen molar-refractivity contribution < 1.29 is 9.90 Å². The molecule has 1 N–H and O–H groups in total.